The van der Waals surface area contributed by atoms with E-state index in [1.165, 1.54) is 0 Å². The quantitative estimate of drug-likeness (QED) is 0.760. The van der Waals surface area contributed by atoms with Gasteiger partial charge in [0.2, 0.25) is 0 Å². The molecule has 0 unspecified atom stereocenters. The van der Waals surface area contributed by atoms with E-state index in [0.29, 0.717) is 23.5 Å². The first-order valence-electron chi connectivity index (χ1n) is 6.51. The van der Waals surface area contributed by atoms with Gasteiger partial charge in [0.25, 0.3) is 0 Å². The fourth-order valence-corrected chi connectivity index (χ4v) is 2.15. The Morgan fingerprint density at radius 3 is 2.50 bits per heavy atom. The number of hydrogen-bond donors (Lipinski definition) is 0. The Morgan fingerprint density at radius 1 is 1.15 bits per heavy atom. The second-order valence-electron chi connectivity index (χ2n) is 4.60. The van der Waals surface area contributed by atoms with Crippen molar-refractivity contribution < 1.29 is 14.3 Å². The first-order valence-corrected chi connectivity index (χ1v) is 6.51. The Bertz CT molecular complexity index is 602. The molecule has 4 heteroatoms. The second-order valence-corrected chi connectivity index (χ2v) is 4.60. The summed E-state index contributed by atoms with van der Waals surface area (Å²) >= 11 is 0. The average molecular weight is 273 g/mol. The standard InChI is InChI=1S/C16H19NO3/c1-17-10-4-5-13(17)7-8-14(18)12-6-9-15(19-2)16(11-12)20-3/h4-6,9-11H,7-8H2,1-3H3. The highest BCUT2D eigenvalue weighted by atomic mass is 16.5. The fourth-order valence-electron chi connectivity index (χ4n) is 2.15. The Balaban J connectivity index is 2.07. The Labute approximate surface area is 118 Å². The van der Waals surface area contributed by atoms with Crippen molar-refractivity contribution in [2.45, 2.75) is 12.8 Å². The van der Waals surface area contributed by atoms with Crippen LogP contribution in [-0.4, -0.2) is 24.6 Å². The number of methoxy groups -OCH3 is 2. The van der Waals surface area contributed by atoms with E-state index in [0.717, 1.165) is 12.1 Å². The summed E-state index contributed by atoms with van der Waals surface area (Å²) in [5.74, 6) is 1.32. The van der Waals surface area contributed by atoms with E-state index in [9.17, 15) is 4.79 Å². The lowest BCUT2D eigenvalue weighted by molar-refractivity contribution is 0.0982. The highest BCUT2D eigenvalue weighted by Crippen LogP contribution is 2.28. The topological polar surface area (TPSA) is 40.5 Å². The van der Waals surface area contributed by atoms with Crippen LogP contribution in [0.4, 0.5) is 0 Å². The minimum absolute atomic E-state index is 0.104. The Morgan fingerprint density at radius 2 is 1.90 bits per heavy atom. The SMILES string of the molecule is COc1ccc(C(=O)CCc2cccn2C)cc1OC. The summed E-state index contributed by atoms with van der Waals surface area (Å²) in [5, 5.41) is 0. The van der Waals surface area contributed by atoms with E-state index in [4.69, 9.17) is 9.47 Å². The first kappa shape index (κ1) is 14.2. The number of ether oxygens (including phenoxy) is 2. The Hall–Kier alpha value is -2.23. The van der Waals surface area contributed by atoms with Crippen LogP contribution in [-0.2, 0) is 13.5 Å². The average Bonchev–Trinajstić information content (AvgIpc) is 2.89. The number of nitrogens with zero attached hydrogens (tertiary/aromatic N) is 1. The predicted octanol–water partition coefficient (Wildman–Crippen LogP) is 2.86. The van der Waals surface area contributed by atoms with Crippen LogP contribution in [0.1, 0.15) is 22.5 Å². The molecule has 0 saturated heterocycles. The van der Waals surface area contributed by atoms with Crippen LogP contribution in [0.15, 0.2) is 36.5 Å². The molecule has 0 spiro atoms. The van der Waals surface area contributed by atoms with Gasteiger partial charge in [0.05, 0.1) is 14.2 Å². The molecule has 1 aromatic carbocycles. The third kappa shape index (κ3) is 3.02. The smallest absolute Gasteiger partial charge is 0.163 e. The van der Waals surface area contributed by atoms with Gasteiger partial charge in [0.15, 0.2) is 17.3 Å². The highest BCUT2D eigenvalue weighted by Gasteiger charge is 2.11. The number of benzene rings is 1. The van der Waals surface area contributed by atoms with Crippen LogP contribution in [0.2, 0.25) is 0 Å². The Kier molecular flexibility index (Phi) is 4.45. The summed E-state index contributed by atoms with van der Waals surface area (Å²) in [6, 6.07) is 9.27. The van der Waals surface area contributed by atoms with Crippen molar-refractivity contribution >= 4 is 5.78 Å². The van der Waals surface area contributed by atoms with Gasteiger partial charge in [-0.05, 0) is 36.8 Å². The molecule has 1 heterocycles. The van der Waals surface area contributed by atoms with Crippen molar-refractivity contribution in [1.29, 1.82) is 0 Å². The zero-order valence-corrected chi connectivity index (χ0v) is 12.1. The van der Waals surface area contributed by atoms with Crippen LogP contribution < -0.4 is 9.47 Å². The predicted molar refractivity (Wildman–Crippen MR) is 77.6 cm³/mol. The maximum absolute atomic E-state index is 12.2. The van der Waals surface area contributed by atoms with Gasteiger partial charge in [-0.1, -0.05) is 0 Å². The summed E-state index contributed by atoms with van der Waals surface area (Å²) in [5.41, 5.74) is 1.80. The molecule has 0 amide bonds. The molecule has 2 aromatic rings. The normalized spacial score (nSPS) is 10.3. The van der Waals surface area contributed by atoms with Crippen molar-refractivity contribution in [1.82, 2.24) is 4.57 Å². The zero-order valence-electron chi connectivity index (χ0n) is 12.1. The van der Waals surface area contributed by atoms with Crippen LogP contribution in [0.25, 0.3) is 0 Å². The zero-order chi connectivity index (χ0) is 14.5. The molecule has 0 saturated carbocycles. The molecule has 0 N–H and O–H groups in total. The molecule has 2 rings (SSSR count). The minimum atomic E-state index is 0.104. The van der Waals surface area contributed by atoms with Gasteiger partial charge in [0.1, 0.15) is 0 Å². The van der Waals surface area contributed by atoms with Gasteiger partial charge in [-0.25, -0.2) is 0 Å². The number of aromatic nitrogens is 1. The van der Waals surface area contributed by atoms with Crippen molar-refractivity contribution in [3.63, 3.8) is 0 Å². The second kappa shape index (κ2) is 6.28. The molecule has 4 nitrogen and oxygen atoms in total. The summed E-state index contributed by atoms with van der Waals surface area (Å²) < 4.78 is 12.4. The largest absolute Gasteiger partial charge is 0.493 e. The van der Waals surface area contributed by atoms with Crippen LogP contribution in [0.3, 0.4) is 0 Å². The molecule has 0 bridgehead atoms. The van der Waals surface area contributed by atoms with Gasteiger partial charge in [-0.3, -0.25) is 4.79 Å². The number of rotatable bonds is 6. The molecule has 0 aliphatic rings. The molecule has 0 aliphatic heterocycles. The van der Waals surface area contributed by atoms with E-state index >= 15 is 0 Å². The molecule has 106 valence electrons. The number of hydrogen-bond acceptors (Lipinski definition) is 3. The minimum Gasteiger partial charge on any atom is -0.493 e. The van der Waals surface area contributed by atoms with Crippen LogP contribution >= 0.6 is 0 Å². The molecule has 0 atom stereocenters. The first-order chi connectivity index (χ1) is 9.65. The van der Waals surface area contributed by atoms with Crippen molar-refractivity contribution in [3.05, 3.63) is 47.8 Å². The van der Waals surface area contributed by atoms with Crippen molar-refractivity contribution in [2.75, 3.05) is 14.2 Å². The van der Waals surface area contributed by atoms with Crippen molar-refractivity contribution in [3.8, 4) is 11.5 Å². The fraction of sp³-hybridized carbons (Fsp3) is 0.312. The monoisotopic (exact) mass is 273 g/mol. The van der Waals surface area contributed by atoms with Gasteiger partial charge in [0, 0.05) is 30.9 Å². The lowest BCUT2D eigenvalue weighted by atomic mass is 10.0. The van der Waals surface area contributed by atoms with Gasteiger partial charge in [-0.2, -0.15) is 0 Å². The highest BCUT2D eigenvalue weighted by molar-refractivity contribution is 5.96. The van der Waals surface area contributed by atoms with E-state index in [2.05, 4.69) is 0 Å². The van der Waals surface area contributed by atoms with Gasteiger partial charge >= 0.3 is 0 Å². The van der Waals surface area contributed by atoms with Crippen LogP contribution in [0, 0.1) is 0 Å². The summed E-state index contributed by atoms with van der Waals surface area (Å²) in [6.45, 7) is 0. The maximum Gasteiger partial charge on any atom is 0.163 e. The van der Waals surface area contributed by atoms with E-state index < -0.39 is 0 Å². The molecule has 1 aromatic heterocycles. The summed E-state index contributed by atoms with van der Waals surface area (Å²) in [6.07, 6.45) is 3.19. The summed E-state index contributed by atoms with van der Waals surface area (Å²) in [4.78, 5) is 12.2. The number of aryl methyl sites for hydroxylation is 2. The maximum atomic E-state index is 12.2. The number of carbonyl (C=O) groups excluding carboxylic acids is 1. The van der Waals surface area contributed by atoms with E-state index in [-0.39, 0.29) is 5.78 Å². The number of Topliss-reactive ketones (excluding diaryl/α,β-unsaturated/α-hetero) is 1. The lowest BCUT2D eigenvalue weighted by Crippen LogP contribution is -2.04. The number of carbonyl (C=O) groups is 1. The lowest BCUT2D eigenvalue weighted by Gasteiger charge is -2.09. The van der Waals surface area contributed by atoms with Gasteiger partial charge < -0.3 is 14.0 Å². The number of ketones is 1. The molecule has 0 fully saturated rings. The summed E-state index contributed by atoms with van der Waals surface area (Å²) in [7, 11) is 5.13. The van der Waals surface area contributed by atoms with E-state index in [1.807, 2.05) is 29.9 Å². The van der Waals surface area contributed by atoms with Gasteiger partial charge in [-0.15, -0.1) is 0 Å². The molecule has 20 heavy (non-hydrogen) atoms. The molecular formula is C16H19NO3. The van der Waals surface area contributed by atoms with E-state index in [1.54, 1.807) is 32.4 Å². The third-order valence-corrected chi connectivity index (χ3v) is 3.37. The molecule has 0 aliphatic carbocycles. The van der Waals surface area contributed by atoms with Crippen LogP contribution in [0.5, 0.6) is 11.5 Å². The molecular weight excluding hydrogens is 254 g/mol. The van der Waals surface area contributed by atoms with Crippen molar-refractivity contribution in [2.24, 2.45) is 7.05 Å². The molecule has 0 radical (unpaired) electrons. The third-order valence-electron chi connectivity index (χ3n) is 3.37.